The van der Waals surface area contributed by atoms with E-state index in [2.05, 4.69) is 20.6 Å². The summed E-state index contributed by atoms with van der Waals surface area (Å²) in [6.07, 6.45) is 0. The van der Waals surface area contributed by atoms with Crippen LogP contribution in [-0.4, -0.2) is 20.4 Å². The van der Waals surface area contributed by atoms with Gasteiger partial charge in [-0.25, -0.2) is 9.97 Å². The molecule has 30 heavy (non-hydrogen) atoms. The molecule has 0 radical (unpaired) electrons. The largest absolute Gasteiger partial charge is 0.382 e. The van der Waals surface area contributed by atoms with Crippen LogP contribution >= 0.6 is 11.6 Å². The minimum Gasteiger partial charge on any atom is -0.382 e. The van der Waals surface area contributed by atoms with E-state index in [0.717, 1.165) is 11.1 Å². The summed E-state index contributed by atoms with van der Waals surface area (Å²) in [5, 5.41) is 5.95. The van der Waals surface area contributed by atoms with Crippen LogP contribution in [0.2, 0.25) is 5.15 Å². The van der Waals surface area contributed by atoms with E-state index in [1.807, 2.05) is 30.3 Å². The molecule has 2 heterocycles. The van der Waals surface area contributed by atoms with Gasteiger partial charge in [-0.15, -0.1) is 0 Å². The Kier molecular flexibility index (Phi) is 6.37. The zero-order chi connectivity index (χ0) is 21.8. The number of nitrogens with zero attached hydrogens (tertiary/aromatic N) is 3. The highest BCUT2D eigenvalue weighted by Crippen LogP contribution is 2.23. The molecule has 0 spiro atoms. The highest BCUT2D eigenvalue weighted by atomic mass is 35.5. The first-order chi connectivity index (χ1) is 14.3. The number of carbonyl (C=O) groups is 1. The Hall–Kier alpha value is -3.39. The predicted molar refractivity (Wildman–Crippen MR) is 118 cm³/mol. The number of nitrogens with one attached hydrogen (secondary N) is 2. The molecule has 0 saturated heterocycles. The molecule has 0 aliphatic carbocycles. The molecule has 0 atom stereocenters. The molecule has 1 aromatic carbocycles. The van der Waals surface area contributed by atoms with Gasteiger partial charge in [0.1, 0.15) is 5.82 Å². The SMILES string of the molecule is CC(=O)NCc1cc(-n2c(C)c(Cl)nc(NCc3ccccc3)c2=O)c(N)nc1C. The number of amides is 1. The molecular weight excluding hydrogens is 404 g/mol. The molecule has 1 amide bonds. The number of hydrogen-bond donors (Lipinski definition) is 3. The second-order valence-corrected chi connectivity index (χ2v) is 7.22. The van der Waals surface area contributed by atoms with Gasteiger partial charge in [-0.05, 0) is 31.0 Å². The van der Waals surface area contributed by atoms with Gasteiger partial charge in [0.05, 0.1) is 11.4 Å². The number of aryl methyl sites for hydroxylation is 1. The van der Waals surface area contributed by atoms with Crippen molar-refractivity contribution < 1.29 is 4.79 Å². The van der Waals surface area contributed by atoms with Crippen LogP contribution in [0.5, 0.6) is 0 Å². The number of pyridine rings is 1. The lowest BCUT2D eigenvalue weighted by atomic mass is 10.1. The van der Waals surface area contributed by atoms with Crippen molar-refractivity contribution in [2.75, 3.05) is 11.1 Å². The molecule has 0 saturated carbocycles. The van der Waals surface area contributed by atoms with Crippen molar-refractivity contribution in [2.24, 2.45) is 0 Å². The summed E-state index contributed by atoms with van der Waals surface area (Å²) in [5.74, 6) is 0.124. The number of benzene rings is 1. The highest BCUT2D eigenvalue weighted by molar-refractivity contribution is 6.30. The molecule has 4 N–H and O–H groups in total. The van der Waals surface area contributed by atoms with Crippen molar-refractivity contribution in [3.63, 3.8) is 0 Å². The molecule has 3 aromatic rings. The van der Waals surface area contributed by atoms with Crippen LogP contribution in [0, 0.1) is 13.8 Å². The summed E-state index contributed by atoms with van der Waals surface area (Å²) in [7, 11) is 0. The van der Waals surface area contributed by atoms with E-state index in [-0.39, 0.29) is 29.2 Å². The summed E-state index contributed by atoms with van der Waals surface area (Å²) < 4.78 is 1.39. The standard InChI is InChI=1S/C21H23ClN6O2/c1-12-16(11-24-14(3)29)9-17(19(23)26-12)28-13(2)18(22)27-20(21(28)30)25-10-15-7-5-4-6-8-15/h4-9H,10-11H2,1-3H3,(H2,23,26)(H,24,29)(H,25,27). The summed E-state index contributed by atoms with van der Waals surface area (Å²) in [5.41, 5.74) is 8.97. The molecule has 3 rings (SSSR count). The molecule has 0 bridgehead atoms. The molecule has 9 heteroatoms. The number of aromatic nitrogens is 3. The fourth-order valence-corrected chi connectivity index (χ4v) is 3.16. The Morgan fingerprint density at radius 3 is 2.53 bits per heavy atom. The lowest BCUT2D eigenvalue weighted by Gasteiger charge is -2.17. The van der Waals surface area contributed by atoms with E-state index in [1.165, 1.54) is 11.5 Å². The average Bonchev–Trinajstić information content (AvgIpc) is 2.71. The van der Waals surface area contributed by atoms with Crippen LogP contribution in [0.4, 0.5) is 11.6 Å². The predicted octanol–water partition coefficient (Wildman–Crippen LogP) is 2.73. The number of carbonyl (C=O) groups excluding carboxylic acids is 1. The number of nitrogens with two attached hydrogens (primary N) is 1. The van der Waals surface area contributed by atoms with E-state index in [4.69, 9.17) is 17.3 Å². The summed E-state index contributed by atoms with van der Waals surface area (Å²) in [6, 6.07) is 11.4. The smallest absolute Gasteiger partial charge is 0.298 e. The van der Waals surface area contributed by atoms with Gasteiger partial charge in [-0.3, -0.25) is 14.2 Å². The van der Waals surface area contributed by atoms with Crippen molar-refractivity contribution >= 4 is 29.1 Å². The maximum Gasteiger partial charge on any atom is 0.298 e. The highest BCUT2D eigenvalue weighted by Gasteiger charge is 2.18. The molecule has 0 aliphatic heterocycles. The van der Waals surface area contributed by atoms with Gasteiger partial charge in [-0.1, -0.05) is 41.9 Å². The Morgan fingerprint density at radius 1 is 1.17 bits per heavy atom. The lowest BCUT2D eigenvalue weighted by molar-refractivity contribution is -0.119. The summed E-state index contributed by atoms with van der Waals surface area (Å²) in [4.78, 5) is 33.0. The first kappa shape index (κ1) is 21.3. The van der Waals surface area contributed by atoms with Crippen LogP contribution in [0.15, 0.2) is 41.2 Å². The fraction of sp³-hybridized carbons (Fsp3) is 0.238. The van der Waals surface area contributed by atoms with Crippen molar-refractivity contribution in [3.05, 3.63) is 74.4 Å². The summed E-state index contributed by atoms with van der Waals surface area (Å²) in [6.45, 7) is 5.60. The Bertz CT molecular complexity index is 1140. The molecule has 8 nitrogen and oxygen atoms in total. The Balaban J connectivity index is 2.05. The van der Waals surface area contributed by atoms with Crippen LogP contribution in [0.3, 0.4) is 0 Å². The lowest BCUT2D eigenvalue weighted by Crippen LogP contribution is -2.27. The third-order valence-corrected chi connectivity index (χ3v) is 5.01. The van der Waals surface area contributed by atoms with E-state index in [0.29, 0.717) is 23.6 Å². The van der Waals surface area contributed by atoms with Gasteiger partial charge in [0.15, 0.2) is 11.0 Å². The average molecular weight is 427 g/mol. The maximum absolute atomic E-state index is 13.2. The maximum atomic E-state index is 13.2. The van der Waals surface area contributed by atoms with Gasteiger partial charge in [0, 0.05) is 25.7 Å². The van der Waals surface area contributed by atoms with E-state index in [1.54, 1.807) is 19.9 Å². The second kappa shape index (κ2) is 8.96. The minimum absolute atomic E-state index is 0.109. The van der Waals surface area contributed by atoms with Crippen LogP contribution < -0.4 is 21.9 Å². The van der Waals surface area contributed by atoms with Gasteiger partial charge in [-0.2, -0.15) is 0 Å². The van der Waals surface area contributed by atoms with Gasteiger partial charge in [0.2, 0.25) is 5.91 Å². The van der Waals surface area contributed by atoms with E-state index < -0.39 is 5.56 Å². The number of anilines is 2. The third kappa shape index (κ3) is 4.60. The van der Waals surface area contributed by atoms with Crippen molar-refractivity contribution in [3.8, 4) is 5.69 Å². The number of halogens is 1. The van der Waals surface area contributed by atoms with Crippen molar-refractivity contribution in [2.45, 2.75) is 33.9 Å². The summed E-state index contributed by atoms with van der Waals surface area (Å²) >= 11 is 6.32. The van der Waals surface area contributed by atoms with Crippen LogP contribution in [-0.2, 0) is 17.9 Å². The normalized spacial score (nSPS) is 10.7. The zero-order valence-electron chi connectivity index (χ0n) is 17.0. The van der Waals surface area contributed by atoms with Gasteiger partial charge >= 0.3 is 0 Å². The van der Waals surface area contributed by atoms with E-state index >= 15 is 0 Å². The number of rotatable bonds is 6. The first-order valence-electron chi connectivity index (χ1n) is 9.35. The van der Waals surface area contributed by atoms with Crippen LogP contribution in [0.1, 0.15) is 29.4 Å². The zero-order valence-corrected chi connectivity index (χ0v) is 17.7. The molecule has 0 fully saturated rings. The fourth-order valence-electron chi connectivity index (χ4n) is 3.00. The Morgan fingerprint density at radius 2 is 1.87 bits per heavy atom. The quantitative estimate of drug-likeness (QED) is 0.558. The molecular formula is C21H23ClN6O2. The van der Waals surface area contributed by atoms with Crippen LogP contribution in [0.25, 0.3) is 5.69 Å². The van der Waals surface area contributed by atoms with Gasteiger partial charge < -0.3 is 16.4 Å². The minimum atomic E-state index is -0.393. The number of nitrogen functional groups attached to an aromatic ring is 1. The van der Waals surface area contributed by atoms with Crippen molar-refractivity contribution in [1.29, 1.82) is 0 Å². The van der Waals surface area contributed by atoms with Crippen molar-refractivity contribution in [1.82, 2.24) is 19.9 Å². The van der Waals surface area contributed by atoms with E-state index in [9.17, 15) is 9.59 Å². The second-order valence-electron chi connectivity index (χ2n) is 6.86. The van der Waals surface area contributed by atoms with Gasteiger partial charge in [0.25, 0.3) is 5.56 Å². The monoisotopic (exact) mass is 426 g/mol. The number of hydrogen-bond acceptors (Lipinski definition) is 6. The molecule has 156 valence electrons. The molecule has 2 aromatic heterocycles. The third-order valence-electron chi connectivity index (χ3n) is 4.65. The topological polar surface area (TPSA) is 115 Å². The first-order valence-corrected chi connectivity index (χ1v) is 9.73. The molecule has 0 aliphatic rings. The Labute approximate surface area is 179 Å². The molecule has 0 unspecified atom stereocenters.